The van der Waals surface area contributed by atoms with E-state index in [1.807, 2.05) is 18.2 Å². The Labute approximate surface area is 91.0 Å². The van der Waals surface area contributed by atoms with Crippen molar-refractivity contribution in [2.75, 3.05) is 6.61 Å². The fraction of sp³-hybridized carbons (Fsp3) is 0.462. The average Bonchev–Trinajstić information content (AvgIpc) is 2.29. The molecule has 0 amide bonds. The lowest BCUT2D eigenvalue weighted by atomic mass is 10.0. The molecule has 1 aliphatic rings. The third-order valence-electron chi connectivity index (χ3n) is 2.71. The summed E-state index contributed by atoms with van der Waals surface area (Å²) in [7, 11) is 0. The highest BCUT2D eigenvalue weighted by atomic mass is 16.5. The number of ether oxygens (including phenoxy) is 1. The van der Waals surface area contributed by atoms with Gasteiger partial charge in [-0.25, -0.2) is 0 Å². The van der Waals surface area contributed by atoms with Crippen molar-refractivity contribution >= 4 is 5.90 Å². The molecular weight excluding hydrogens is 186 g/mol. The van der Waals surface area contributed by atoms with Crippen LogP contribution in [0.4, 0.5) is 0 Å². The van der Waals surface area contributed by atoms with Crippen LogP contribution >= 0.6 is 0 Å². The van der Waals surface area contributed by atoms with Crippen LogP contribution in [0.5, 0.6) is 0 Å². The van der Waals surface area contributed by atoms with Crippen molar-refractivity contribution in [1.29, 1.82) is 0 Å². The number of nitrogens with zero attached hydrogens (tertiary/aromatic N) is 1. The molecule has 15 heavy (non-hydrogen) atoms. The summed E-state index contributed by atoms with van der Waals surface area (Å²) in [4.78, 5) is 4.53. The zero-order chi connectivity index (χ0) is 10.5. The molecule has 2 nitrogen and oxygen atoms in total. The first-order chi connectivity index (χ1) is 7.36. The zero-order valence-corrected chi connectivity index (χ0v) is 9.15. The summed E-state index contributed by atoms with van der Waals surface area (Å²) in [6.45, 7) is 3.75. The van der Waals surface area contributed by atoms with E-state index in [1.165, 1.54) is 12.0 Å². The second kappa shape index (κ2) is 4.96. The van der Waals surface area contributed by atoms with E-state index in [4.69, 9.17) is 4.74 Å². The molecule has 2 rings (SSSR count). The molecule has 0 spiro atoms. The van der Waals surface area contributed by atoms with Crippen molar-refractivity contribution in [2.24, 2.45) is 10.9 Å². The normalized spacial score (nSPS) is 23.8. The van der Waals surface area contributed by atoms with Gasteiger partial charge in [0.2, 0.25) is 0 Å². The molecule has 1 aromatic rings. The molecule has 1 fully saturated rings. The van der Waals surface area contributed by atoms with E-state index in [9.17, 15) is 0 Å². The maximum Gasteiger partial charge on any atom is 0.186 e. The second-order valence-electron chi connectivity index (χ2n) is 4.03. The van der Waals surface area contributed by atoms with Gasteiger partial charge in [-0.3, -0.25) is 4.99 Å². The minimum atomic E-state index is 0.488. The van der Waals surface area contributed by atoms with Gasteiger partial charge in [-0.15, -0.1) is 0 Å². The molecule has 1 atom stereocenters. The van der Waals surface area contributed by atoms with Gasteiger partial charge in [-0.05, 0) is 18.4 Å². The number of benzene rings is 1. The molecule has 1 aliphatic heterocycles. The average molecular weight is 203 g/mol. The van der Waals surface area contributed by atoms with Gasteiger partial charge in [0.25, 0.3) is 0 Å². The molecular formula is C13H17NO. The fourth-order valence-electron chi connectivity index (χ4n) is 1.79. The largest absolute Gasteiger partial charge is 0.481 e. The van der Waals surface area contributed by atoms with E-state index in [1.54, 1.807) is 0 Å². The Morgan fingerprint density at radius 1 is 1.33 bits per heavy atom. The van der Waals surface area contributed by atoms with E-state index in [-0.39, 0.29) is 0 Å². The number of hydrogen-bond donors (Lipinski definition) is 0. The predicted octanol–water partition coefficient (Wildman–Crippen LogP) is 3.03. The molecule has 0 saturated carbocycles. The Hall–Kier alpha value is -1.31. The van der Waals surface area contributed by atoms with Crippen LogP contribution in [0.15, 0.2) is 35.3 Å². The molecule has 80 valence electrons. The first-order valence-corrected chi connectivity index (χ1v) is 5.57. The topological polar surface area (TPSA) is 21.6 Å². The van der Waals surface area contributed by atoms with Crippen molar-refractivity contribution in [3.63, 3.8) is 0 Å². The summed E-state index contributed by atoms with van der Waals surface area (Å²) in [5.74, 6) is 1.42. The lowest BCUT2D eigenvalue weighted by Crippen LogP contribution is -2.22. The van der Waals surface area contributed by atoms with Crippen LogP contribution in [0.25, 0.3) is 0 Å². The minimum Gasteiger partial charge on any atom is -0.481 e. The third-order valence-corrected chi connectivity index (χ3v) is 2.71. The van der Waals surface area contributed by atoms with Crippen LogP contribution in [0.2, 0.25) is 0 Å². The molecule has 0 aromatic heterocycles. The smallest absolute Gasteiger partial charge is 0.186 e. The highest BCUT2D eigenvalue weighted by Crippen LogP contribution is 2.16. The zero-order valence-electron chi connectivity index (χ0n) is 9.15. The Balaban J connectivity index is 1.98. The quantitative estimate of drug-likeness (QED) is 0.724. The van der Waals surface area contributed by atoms with Gasteiger partial charge in [0, 0.05) is 5.92 Å². The number of hydrogen-bond acceptors (Lipinski definition) is 2. The first kappa shape index (κ1) is 10.2. The molecule has 1 aromatic carbocycles. The maximum atomic E-state index is 5.56. The first-order valence-electron chi connectivity index (χ1n) is 5.57. The predicted molar refractivity (Wildman–Crippen MR) is 61.9 cm³/mol. The van der Waals surface area contributed by atoms with Gasteiger partial charge in [0.1, 0.15) is 0 Å². The summed E-state index contributed by atoms with van der Waals surface area (Å²) >= 11 is 0. The van der Waals surface area contributed by atoms with Crippen LogP contribution in [-0.4, -0.2) is 12.5 Å². The van der Waals surface area contributed by atoms with Crippen molar-refractivity contribution in [3.05, 3.63) is 35.9 Å². The number of aliphatic imine (C=N–C) groups is 1. The van der Waals surface area contributed by atoms with Gasteiger partial charge >= 0.3 is 0 Å². The van der Waals surface area contributed by atoms with Crippen LogP contribution in [-0.2, 0) is 11.3 Å². The monoisotopic (exact) mass is 203 g/mol. The van der Waals surface area contributed by atoms with Crippen LogP contribution in [0, 0.1) is 5.92 Å². The van der Waals surface area contributed by atoms with E-state index in [2.05, 4.69) is 24.0 Å². The summed E-state index contributed by atoms with van der Waals surface area (Å²) in [5, 5.41) is 0. The molecule has 1 heterocycles. The summed E-state index contributed by atoms with van der Waals surface area (Å²) in [6.07, 6.45) is 2.36. The van der Waals surface area contributed by atoms with E-state index >= 15 is 0 Å². The van der Waals surface area contributed by atoms with Crippen molar-refractivity contribution in [3.8, 4) is 0 Å². The van der Waals surface area contributed by atoms with Gasteiger partial charge in [0.15, 0.2) is 5.90 Å². The van der Waals surface area contributed by atoms with E-state index in [0.717, 1.165) is 25.5 Å². The minimum absolute atomic E-state index is 0.488. The van der Waals surface area contributed by atoms with E-state index in [0.29, 0.717) is 5.92 Å². The molecule has 0 bridgehead atoms. The van der Waals surface area contributed by atoms with E-state index < -0.39 is 0 Å². The molecule has 0 radical (unpaired) electrons. The van der Waals surface area contributed by atoms with Gasteiger partial charge in [0.05, 0.1) is 13.2 Å². The van der Waals surface area contributed by atoms with Gasteiger partial charge < -0.3 is 4.74 Å². The summed E-state index contributed by atoms with van der Waals surface area (Å²) in [6, 6.07) is 10.3. The highest BCUT2D eigenvalue weighted by molar-refractivity contribution is 5.78. The lowest BCUT2D eigenvalue weighted by Gasteiger charge is -2.21. The summed E-state index contributed by atoms with van der Waals surface area (Å²) < 4.78 is 5.56. The molecule has 1 unspecified atom stereocenters. The molecule has 0 aliphatic carbocycles. The van der Waals surface area contributed by atoms with Gasteiger partial charge in [-0.1, -0.05) is 37.3 Å². The fourth-order valence-corrected chi connectivity index (χ4v) is 1.79. The van der Waals surface area contributed by atoms with Crippen molar-refractivity contribution in [2.45, 2.75) is 26.3 Å². The Morgan fingerprint density at radius 2 is 2.13 bits per heavy atom. The molecule has 0 N–H and O–H groups in total. The molecule has 1 saturated heterocycles. The standard InChI is InChI=1S/C13H17NO/c1-11-6-5-9-15-13(11)14-10-12-7-3-2-4-8-12/h2-4,7-8,11H,5-6,9-10H2,1H3. The Kier molecular flexibility index (Phi) is 3.38. The third kappa shape index (κ3) is 2.82. The van der Waals surface area contributed by atoms with Crippen LogP contribution in [0.3, 0.4) is 0 Å². The SMILES string of the molecule is CC1CCCOC1=NCc1ccccc1. The maximum absolute atomic E-state index is 5.56. The van der Waals surface area contributed by atoms with Crippen LogP contribution < -0.4 is 0 Å². The highest BCUT2D eigenvalue weighted by Gasteiger charge is 2.16. The second-order valence-corrected chi connectivity index (χ2v) is 4.03. The van der Waals surface area contributed by atoms with Crippen LogP contribution in [0.1, 0.15) is 25.3 Å². The Bertz CT molecular complexity index is 332. The van der Waals surface area contributed by atoms with Gasteiger partial charge in [-0.2, -0.15) is 0 Å². The lowest BCUT2D eigenvalue weighted by molar-refractivity contribution is 0.232. The Morgan fingerprint density at radius 3 is 2.87 bits per heavy atom. The molecule has 2 heteroatoms. The number of rotatable bonds is 2. The summed E-state index contributed by atoms with van der Waals surface area (Å²) in [5.41, 5.74) is 1.24. The van der Waals surface area contributed by atoms with Crippen molar-refractivity contribution in [1.82, 2.24) is 0 Å². The van der Waals surface area contributed by atoms with Crippen molar-refractivity contribution < 1.29 is 4.74 Å².